The van der Waals surface area contributed by atoms with Crippen LogP contribution in [-0.2, 0) is 16.4 Å². The van der Waals surface area contributed by atoms with E-state index in [4.69, 9.17) is 0 Å². The van der Waals surface area contributed by atoms with Gasteiger partial charge >= 0.3 is 0 Å². The van der Waals surface area contributed by atoms with Crippen molar-refractivity contribution in [3.05, 3.63) is 16.1 Å². The first-order valence-corrected chi connectivity index (χ1v) is 10.4. The Balaban J connectivity index is 0.00000484. The predicted octanol–water partition coefficient (Wildman–Crippen LogP) is 2.37. The molecular formula is C14H27IN4O2S2. The van der Waals surface area contributed by atoms with Gasteiger partial charge in [0, 0.05) is 24.7 Å². The molecule has 6 nitrogen and oxygen atoms in total. The number of aliphatic imine (C=N–C) groups is 1. The normalized spacial score (nSPS) is 12.1. The number of nitrogens with one attached hydrogen (secondary N) is 2. The van der Waals surface area contributed by atoms with Crippen molar-refractivity contribution in [2.75, 3.05) is 25.1 Å². The van der Waals surface area contributed by atoms with Crippen LogP contribution in [0.25, 0.3) is 0 Å². The third-order valence-corrected chi connectivity index (χ3v) is 4.74. The van der Waals surface area contributed by atoms with Gasteiger partial charge in [-0.05, 0) is 19.3 Å². The monoisotopic (exact) mass is 474 g/mol. The van der Waals surface area contributed by atoms with E-state index in [0.29, 0.717) is 31.4 Å². The fourth-order valence-electron chi connectivity index (χ4n) is 1.69. The average molecular weight is 474 g/mol. The molecule has 0 fully saturated rings. The van der Waals surface area contributed by atoms with Gasteiger partial charge in [-0.25, -0.2) is 18.4 Å². The zero-order valence-corrected chi connectivity index (χ0v) is 18.1. The van der Waals surface area contributed by atoms with Crippen molar-refractivity contribution in [1.29, 1.82) is 0 Å². The Labute approximate surface area is 160 Å². The molecular weight excluding hydrogens is 447 g/mol. The Hall–Kier alpha value is -0.420. The van der Waals surface area contributed by atoms with Crippen LogP contribution in [0.15, 0.2) is 10.4 Å². The molecule has 0 saturated carbocycles. The van der Waals surface area contributed by atoms with E-state index in [1.165, 1.54) is 6.26 Å². The van der Waals surface area contributed by atoms with Crippen LogP contribution in [-0.4, -0.2) is 44.5 Å². The van der Waals surface area contributed by atoms with Gasteiger partial charge in [0.2, 0.25) is 0 Å². The van der Waals surface area contributed by atoms with Crippen LogP contribution in [0.5, 0.6) is 0 Å². The molecule has 0 saturated heterocycles. The van der Waals surface area contributed by atoms with Crippen LogP contribution in [0.3, 0.4) is 0 Å². The summed E-state index contributed by atoms with van der Waals surface area (Å²) in [6.07, 6.45) is 1.82. The SMILES string of the molecule is CCNC(=NCc1nc(C(C)C)cs1)NCCCS(C)(=O)=O.I. The summed E-state index contributed by atoms with van der Waals surface area (Å²) in [4.78, 5) is 9.03. The number of nitrogens with zero attached hydrogens (tertiary/aromatic N) is 2. The molecule has 134 valence electrons. The number of halogens is 1. The van der Waals surface area contributed by atoms with Gasteiger partial charge in [0.15, 0.2) is 5.96 Å². The summed E-state index contributed by atoms with van der Waals surface area (Å²) in [6, 6.07) is 0. The first-order chi connectivity index (χ1) is 10.3. The van der Waals surface area contributed by atoms with Crippen molar-refractivity contribution in [3.63, 3.8) is 0 Å². The fraction of sp³-hybridized carbons (Fsp3) is 0.714. The zero-order valence-electron chi connectivity index (χ0n) is 14.1. The van der Waals surface area contributed by atoms with E-state index in [1.807, 2.05) is 6.92 Å². The summed E-state index contributed by atoms with van der Waals surface area (Å²) in [5, 5.41) is 9.35. The number of hydrogen-bond acceptors (Lipinski definition) is 5. The van der Waals surface area contributed by atoms with E-state index in [0.717, 1.165) is 17.2 Å². The molecule has 0 atom stereocenters. The van der Waals surface area contributed by atoms with E-state index in [1.54, 1.807) is 11.3 Å². The molecule has 1 rings (SSSR count). The fourth-order valence-corrected chi connectivity index (χ4v) is 3.24. The lowest BCUT2D eigenvalue weighted by molar-refractivity contribution is 0.598. The van der Waals surface area contributed by atoms with Crippen molar-refractivity contribution < 1.29 is 8.42 Å². The summed E-state index contributed by atoms with van der Waals surface area (Å²) in [7, 11) is -2.90. The minimum atomic E-state index is -2.90. The first kappa shape index (κ1) is 22.6. The number of hydrogen-bond donors (Lipinski definition) is 2. The molecule has 0 aliphatic rings. The van der Waals surface area contributed by atoms with Crippen LogP contribution in [0, 0.1) is 0 Å². The van der Waals surface area contributed by atoms with Crippen molar-refractivity contribution in [2.24, 2.45) is 4.99 Å². The van der Waals surface area contributed by atoms with E-state index < -0.39 is 9.84 Å². The van der Waals surface area contributed by atoms with Crippen molar-refractivity contribution in [2.45, 2.75) is 39.7 Å². The Kier molecular flexibility index (Phi) is 11.0. The first-order valence-electron chi connectivity index (χ1n) is 7.46. The van der Waals surface area contributed by atoms with Crippen LogP contribution in [0.1, 0.15) is 43.8 Å². The predicted molar refractivity (Wildman–Crippen MR) is 109 cm³/mol. The van der Waals surface area contributed by atoms with Gasteiger partial charge in [0.25, 0.3) is 0 Å². The number of rotatable bonds is 8. The van der Waals surface area contributed by atoms with Gasteiger partial charge in [0.05, 0.1) is 18.0 Å². The van der Waals surface area contributed by atoms with E-state index in [2.05, 4.69) is 39.8 Å². The molecule has 1 aromatic heterocycles. The molecule has 9 heteroatoms. The van der Waals surface area contributed by atoms with Gasteiger partial charge in [0.1, 0.15) is 14.8 Å². The third kappa shape index (κ3) is 10.1. The lowest BCUT2D eigenvalue weighted by Gasteiger charge is -2.10. The van der Waals surface area contributed by atoms with Gasteiger partial charge in [-0.1, -0.05) is 13.8 Å². The van der Waals surface area contributed by atoms with Crippen molar-refractivity contribution in [3.8, 4) is 0 Å². The second-order valence-electron chi connectivity index (χ2n) is 5.43. The number of aromatic nitrogens is 1. The maximum Gasteiger partial charge on any atom is 0.191 e. The Morgan fingerprint density at radius 3 is 2.61 bits per heavy atom. The minimum absolute atomic E-state index is 0. The topological polar surface area (TPSA) is 83.4 Å². The van der Waals surface area contributed by atoms with Gasteiger partial charge in [-0.3, -0.25) is 0 Å². The molecule has 1 heterocycles. The Morgan fingerprint density at radius 2 is 2.09 bits per heavy atom. The summed E-state index contributed by atoms with van der Waals surface area (Å²) in [5.41, 5.74) is 1.10. The van der Waals surface area contributed by atoms with E-state index in [9.17, 15) is 8.42 Å². The standard InChI is InChI=1S/C14H26N4O2S2.HI/c1-5-15-14(16-7-6-8-22(4,19)20)17-9-13-18-12(10-21-13)11(2)3;/h10-11H,5-9H2,1-4H3,(H2,15,16,17);1H. The quantitative estimate of drug-likeness (QED) is 0.262. The molecule has 0 aliphatic carbocycles. The highest BCUT2D eigenvalue weighted by molar-refractivity contribution is 14.0. The van der Waals surface area contributed by atoms with Crippen LogP contribution in [0.2, 0.25) is 0 Å². The van der Waals surface area contributed by atoms with Crippen molar-refractivity contribution in [1.82, 2.24) is 15.6 Å². The zero-order chi connectivity index (χ0) is 16.6. The molecule has 0 bridgehead atoms. The highest BCUT2D eigenvalue weighted by Gasteiger charge is 2.06. The minimum Gasteiger partial charge on any atom is -0.357 e. The van der Waals surface area contributed by atoms with E-state index >= 15 is 0 Å². The molecule has 0 aliphatic heterocycles. The highest BCUT2D eigenvalue weighted by atomic mass is 127. The largest absolute Gasteiger partial charge is 0.357 e. The molecule has 0 radical (unpaired) electrons. The highest BCUT2D eigenvalue weighted by Crippen LogP contribution is 2.18. The van der Waals surface area contributed by atoms with Crippen LogP contribution < -0.4 is 10.6 Å². The maximum absolute atomic E-state index is 11.1. The Morgan fingerprint density at radius 1 is 1.39 bits per heavy atom. The van der Waals surface area contributed by atoms with Crippen LogP contribution >= 0.6 is 35.3 Å². The average Bonchev–Trinajstić information content (AvgIpc) is 2.88. The lowest BCUT2D eigenvalue weighted by atomic mass is 10.2. The number of guanidine groups is 1. The second-order valence-corrected chi connectivity index (χ2v) is 8.63. The molecule has 0 unspecified atom stereocenters. The maximum atomic E-state index is 11.1. The Bertz CT molecular complexity index is 585. The van der Waals surface area contributed by atoms with Gasteiger partial charge in [-0.15, -0.1) is 35.3 Å². The molecule has 2 N–H and O–H groups in total. The molecule has 0 spiro atoms. The van der Waals surface area contributed by atoms with Gasteiger partial charge < -0.3 is 10.6 Å². The number of sulfone groups is 1. The third-order valence-electron chi connectivity index (χ3n) is 2.86. The molecule has 23 heavy (non-hydrogen) atoms. The molecule has 0 amide bonds. The molecule has 1 aromatic rings. The summed E-state index contributed by atoms with van der Waals surface area (Å²) in [6.45, 7) is 8.10. The lowest BCUT2D eigenvalue weighted by Crippen LogP contribution is -2.38. The summed E-state index contributed by atoms with van der Waals surface area (Å²) >= 11 is 1.62. The summed E-state index contributed by atoms with van der Waals surface area (Å²) < 4.78 is 22.2. The van der Waals surface area contributed by atoms with Crippen LogP contribution in [0.4, 0.5) is 0 Å². The van der Waals surface area contributed by atoms with Crippen molar-refractivity contribution >= 4 is 51.1 Å². The molecule has 0 aromatic carbocycles. The summed E-state index contributed by atoms with van der Waals surface area (Å²) in [5.74, 6) is 1.30. The van der Waals surface area contributed by atoms with E-state index in [-0.39, 0.29) is 29.7 Å². The number of thiazole rings is 1. The second kappa shape index (κ2) is 11.2. The smallest absolute Gasteiger partial charge is 0.191 e. The van der Waals surface area contributed by atoms with Gasteiger partial charge in [-0.2, -0.15) is 0 Å².